The fourth-order valence-electron chi connectivity index (χ4n) is 3.22. The van der Waals surface area contributed by atoms with Gasteiger partial charge in [-0.25, -0.2) is 4.39 Å². The summed E-state index contributed by atoms with van der Waals surface area (Å²) in [6, 6.07) is 5.60. The number of ether oxygens (including phenoxy) is 1. The number of phenols is 1. The van der Waals surface area contributed by atoms with E-state index < -0.39 is 23.4 Å². The van der Waals surface area contributed by atoms with Crippen molar-refractivity contribution < 1.29 is 24.1 Å². The van der Waals surface area contributed by atoms with Crippen LogP contribution in [0.2, 0.25) is 0 Å². The number of nitrogens with two attached hydrogens (primary N) is 1. The normalized spacial score (nSPS) is 12.7. The minimum absolute atomic E-state index is 0.0203. The number of benzene rings is 2. The molecule has 2 aromatic rings. The summed E-state index contributed by atoms with van der Waals surface area (Å²) in [6.45, 7) is 8.61. The maximum Gasteiger partial charge on any atom is 0.307 e. The maximum atomic E-state index is 14.7. The van der Waals surface area contributed by atoms with E-state index in [1.807, 2.05) is 0 Å². The van der Waals surface area contributed by atoms with Crippen LogP contribution in [0.4, 0.5) is 4.39 Å². The SMILES string of the molecule is CCOC(=O)C[C@H](N)c1cc(-c2c(C)cc(C(C)(C)O)cc2O)cc(C)c1F. The Morgan fingerprint density at radius 3 is 2.39 bits per heavy atom. The van der Waals surface area contributed by atoms with Crippen LogP contribution in [0.5, 0.6) is 5.75 Å². The fraction of sp³-hybridized carbons (Fsp3) is 0.409. The van der Waals surface area contributed by atoms with E-state index >= 15 is 0 Å². The second-order valence-electron chi connectivity index (χ2n) is 7.56. The van der Waals surface area contributed by atoms with Gasteiger partial charge in [-0.2, -0.15) is 0 Å². The summed E-state index contributed by atoms with van der Waals surface area (Å²) in [4.78, 5) is 11.7. The first-order valence-corrected chi connectivity index (χ1v) is 9.23. The number of aliphatic hydroxyl groups is 1. The lowest BCUT2D eigenvalue weighted by atomic mass is 9.89. The zero-order valence-electron chi connectivity index (χ0n) is 17.0. The number of aryl methyl sites for hydroxylation is 2. The molecule has 5 nitrogen and oxygen atoms in total. The van der Waals surface area contributed by atoms with Gasteiger partial charge in [-0.05, 0) is 75.1 Å². The van der Waals surface area contributed by atoms with Crippen LogP contribution >= 0.6 is 0 Å². The number of aromatic hydroxyl groups is 1. The lowest BCUT2D eigenvalue weighted by molar-refractivity contribution is -0.143. The summed E-state index contributed by atoms with van der Waals surface area (Å²) in [5.74, 6) is -0.995. The first kappa shape index (κ1) is 21.9. The van der Waals surface area contributed by atoms with E-state index in [2.05, 4.69) is 0 Å². The molecule has 0 amide bonds. The third kappa shape index (κ3) is 4.69. The molecular weight excluding hydrogens is 361 g/mol. The summed E-state index contributed by atoms with van der Waals surface area (Å²) >= 11 is 0. The van der Waals surface area contributed by atoms with Crippen LogP contribution in [0.1, 0.15) is 55.5 Å². The van der Waals surface area contributed by atoms with Gasteiger partial charge in [0.1, 0.15) is 11.6 Å². The Labute approximate surface area is 165 Å². The zero-order valence-corrected chi connectivity index (χ0v) is 17.0. The molecule has 4 N–H and O–H groups in total. The van der Waals surface area contributed by atoms with E-state index in [4.69, 9.17) is 10.5 Å². The average molecular weight is 389 g/mol. The smallest absolute Gasteiger partial charge is 0.307 e. The number of carbonyl (C=O) groups is 1. The van der Waals surface area contributed by atoms with E-state index in [0.717, 1.165) is 5.56 Å². The molecular formula is C22H28FNO4. The Morgan fingerprint density at radius 1 is 1.21 bits per heavy atom. The van der Waals surface area contributed by atoms with E-state index in [9.17, 15) is 19.4 Å². The standard InChI is InChI=1S/C22H28FNO4/c1-6-28-19(26)11-17(24)16-9-14(7-13(3)21(16)23)20-12(2)8-15(10-18(20)25)22(4,5)27/h7-10,17,25,27H,6,11,24H2,1-5H3/t17-/m0/s1. The Morgan fingerprint density at radius 2 is 1.86 bits per heavy atom. The van der Waals surface area contributed by atoms with Crippen molar-refractivity contribution in [2.24, 2.45) is 5.73 Å². The third-order valence-corrected chi connectivity index (χ3v) is 4.68. The monoisotopic (exact) mass is 389 g/mol. The third-order valence-electron chi connectivity index (χ3n) is 4.68. The molecule has 0 heterocycles. The number of rotatable bonds is 6. The quantitative estimate of drug-likeness (QED) is 0.650. The number of carbonyl (C=O) groups excluding carboxylic acids is 1. The van der Waals surface area contributed by atoms with Gasteiger partial charge in [0.05, 0.1) is 18.6 Å². The van der Waals surface area contributed by atoms with E-state index in [1.54, 1.807) is 52.8 Å². The van der Waals surface area contributed by atoms with Gasteiger partial charge in [-0.3, -0.25) is 4.79 Å². The highest BCUT2D eigenvalue weighted by molar-refractivity contribution is 5.76. The molecule has 0 saturated heterocycles. The number of halogens is 1. The van der Waals surface area contributed by atoms with Crippen LogP contribution in [0.3, 0.4) is 0 Å². The van der Waals surface area contributed by atoms with Crippen molar-refractivity contribution >= 4 is 5.97 Å². The molecule has 0 bridgehead atoms. The first-order valence-electron chi connectivity index (χ1n) is 9.23. The second kappa shape index (κ2) is 8.29. The Hall–Kier alpha value is -2.44. The maximum absolute atomic E-state index is 14.7. The summed E-state index contributed by atoms with van der Waals surface area (Å²) in [5.41, 5.74) is 7.93. The Kier molecular flexibility index (Phi) is 6.47. The van der Waals surface area contributed by atoms with Crippen molar-refractivity contribution in [3.63, 3.8) is 0 Å². The lowest BCUT2D eigenvalue weighted by Crippen LogP contribution is -2.19. The molecule has 0 aromatic heterocycles. The molecule has 6 heteroatoms. The zero-order chi connectivity index (χ0) is 21.2. The second-order valence-corrected chi connectivity index (χ2v) is 7.56. The Balaban J connectivity index is 2.54. The number of hydrogen-bond acceptors (Lipinski definition) is 5. The lowest BCUT2D eigenvalue weighted by Gasteiger charge is -2.21. The Bertz CT molecular complexity index is 864. The van der Waals surface area contributed by atoms with Gasteiger partial charge in [0.25, 0.3) is 0 Å². The molecule has 2 rings (SSSR count). The van der Waals surface area contributed by atoms with Gasteiger partial charge >= 0.3 is 5.97 Å². The van der Waals surface area contributed by atoms with Crippen molar-refractivity contribution in [1.29, 1.82) is 0 Å². The summed E-state index contributed by atoms with van der Waals surface area (Å²) < 4.78 is 19.6. The highest BCUT2D eigenvalue weighted by Crippen LogP contribution is 2.38. The van der Waals surface area contributed by atoms with Crippen molar-refractivity contribution in [2.45, 2.75) is 52.7 Å². The summed E-state index contributed by atoms with van der Waals surface area (Å²) in [6.07, 6.45) is -0.143. The van der Waals surface area contributed by atoms with Crippen LogP contribution in [-0.4, -0.2) is 22.8 Å². The molecule has 0 aliphatic rings. The van der Waals surface area contributed by atoms with Crippen molar-refractivity contribution in [3.8, 4) is 16.9 Å². The van der Waals surface area contributed by atoms with Gasteiger partial charge in [0.15, 0.2) is 0 Å². The molecule has 1 atom stereocenters. The van der Waals surface area contributed by atoms with Crippen LogP contribution in [0, 0.1) is 19.7 Å². The van der Waals surface area contributed by atoms with Gasteiger partial charge in [-0.1, -0.05) is 6.07 Å². The number of esters is 1. The molecule has 0 spiro atoms. The largest absolute Gasteiger partial charge is 0.507 e. The van der Waals surface area contributed by atoms with Crippen LogP contribution < -0.4 is 5.73 Å². The van der Waals surface area contributed by atoms with Crippen LogP contribution in [-0.2, 0) is 15.1 Å². The highest BCUT2D eigenvalue weighted by atomic mass is 19.1. The molecule has 0 saturated carbocycles. The predicted molar refractivity (Wildman–Crippen MR) is 106 cm³/mol. The van der Waals surface area contributed by atoms with Crippen molar-refractivity contribution in [3.05, 3.63) is 52.3 Å². The minimum atomic E-state index is -1.10. The van der Waals surface area contributed by atoms with Crippen LogP contribution in [0.15, 0.2) is 24.3 Å². The first-order chi connectivity index (χ1) is 13.0. The molecule has 0 aliphatic carbocycles. The van der Waals surface area contributed by atoms with Crippen LogP contribution in [0.25, 0.3) is 11.1 Å². The number of hydrogen-bond donors (Lipinski definition) is 3. The molecule has 2 aromatic carbocycles. The molecule has 0 aliphatic heterocycles. The van der Waals surface area contributed by atoms with Crippen molar-refractivity contribution in [1.82, 2.24) is 0 Å². The van der Waals surface area contributed by atoms with Gasteiger partial charge in [0.2, 0.25) is 0 Å². The number of phenolic OH excluding ortho intramolecular Hbond substituents is 1. The topological polar surface area (TPSA) is 92.8 Å². The summed E-state index contributed by atoms with van der Waals surface area (Å²) in [5, 5.41) is 20.8. The fourth-order valence-corrected chi connectivity index (χ4v) is 3.22. The highest BCUT2D eigenvalue weighted by Gasteiger charge is 2.23. The van der Waals surface area contributed by atoms with E-state index in [-0.39, 0.29) is 24.3 Å². The van der Waals surface area contributed by atoms with E-state index in [1.165, 1.54) is 6.07 Å². The average Bonchev–Trinajstić information content (AvgIpc) is 2.56. The molecule has 152 valence electrons. The van der Waals surface area contributed by atoms with Gasteiger partial charge in [-0.15, -0.1) is 0 Å². The minimum Gasteiger partial charge on any atom is -0.507 e. The molecule has 0 fully saturated rings. The van der Waals surface area contributed by atoms with E-state index in [0.29, 0.717) is 22.3 Å². The molecule has 0 unspecified atom stereocenters. The molecule has 28 heavy (non-hydrogen) atoms. The van der Waals surface area contributed by atoms with Crippen molar-refractivity contribution in [2.75, 3.05) is 6.61 Å². The molecule has 0 radical (unpaired) electrons. The van der Waals surface area contributed by atoms with Gasteiger partial charge in [0, 0.05) is 17.2 Å². The summed E-state index contributed by atoms with van der Waals surface area (Å²) in [7, 11) is 0. The predicted octanol–water partition coefficient (Wildman–Crippen LogP) is 4.00. The van der Waals surface area contributed by atoms with Gasteiger partial charge < -0.3 is 20.7 Å².